The van der Waals surface area contributed by atoms with E-state index in [4.69, 9.17) is 10.5 Å². The molecule has 0 unspecified atom stereocenters. The van der Waals surface area contributed by atoms with Crippen molar-refractivity contribution in [1.29, 1.82) is 0 Å². The van der Waals surface area contributed by atoms with Crippen molar-refractivity contribution >= 4 is 11.4 Å². The molecule has 0 saturated carbocycles. The molecule has 0 aromatic heterocycles. The zero-order valence-corrected chi connectivity index (χ0v) is 9.58. The van der Waals surface area contributed by atoms with Gasteiger partial charge in [-0.05, 0) is 11.6 Å². The van der Waals surface area contributed by atoms with E-state index < -0.39 is 4.92 Å². The highest BCUT2D eigenvalue weighted by molar-refractivity contribution is 5.63. The average molecular weight is 244 g/mol. The van der Waals surface area contributed by atoms with Crippen LogP contribution < -0.4 is 10.5 Å². The lowest BCUT2D eigenvalue weighted by Crippen LogP contribution is -2.02. The summed E-state index contributed by atoms with van der Waals surface area (Å²) in [6, 6.07) is 13.9. The number of para-hydroxylation sites is 1. The molecule has 2 aromatic rings. The predicted octanol–water partition coefficient (Wildman–Crippen LogP) is 2.76. The van der Waals surface area contributed by atoms with E-state index in [1.165, 1.54) is 12.1 Å². The first kappa shape index (κ1) is 11.9. The van der Waals surface area contributed by atoms with Crippen LogP contribution in [0.1, 0.15) is 5.56 Å². The third-order valence-corrected chi connectivity index (χ3v) is 2.45. The number of ether oxygens (including phenoxy) is 1. The third kappa shape index (κ3) is 2.57. The molecular weight excluding hydrogens is 232 g/mol. The summed E-state index contributed by atoms with van der Waals surface area (Å²) in [6.07, 6.45) is 0. The fourth-order valence-corrected chi connectivity index (χ4v) is 1.57. The Morgan fingerprint density at radius 1 is 1.11 bits per heavy atom. The molecule has 0 fully saturated rings. The maximum Gasteiger partial charge on any atom is 0.313 e. The number of benzene rings is 2. The van der Waals surface area contributed by atoms with Crippen molar-refractivity contribution in [2.75, 3.05) is 5.73 Å². The van der Waals surface area contributed by atoms with Gasteiger partial charge in [0.1, 0.15) is 6.61 Å². The van der Waals surface area contributed by atoms with Gasteiger partial charge in [-0.1, -0.05) is 36.4 Å². The van der Waals surface area contributed by atoms with Crippen molar-refractivity contribution in [1.82, 2.24) is 0 Å². The van der Waals surface area contributed by atoms with Gasteiger partial charge < -0.3 is 10.5 Å². The number of rotatable bonds is 4. The lowest BCUT2D eigenvalue weighted by molar-refractivity contribution is -0.385. The van der Waals surface area contributed by atoms with Gasteiger partial charge in [0.25, 0.3) is 0 Å². The van der Waals surface area contributed by atoms with E-state index >= 15 is 0 Å². The van der Waals surface area contributed by atoms with E-state index in [0.717, 1.165) is 5.56 Å². The highest BCUT2D eigenvalue weighted by atomic mass is 16.6. The number of nitrogens with two attached hydrogens (primary N) is 1. The molecule has 0 radical (unpaired) electrons. The summed E-state index contributed by atoms with van der Waals surface area (Å²) in [7, 11) is 0. The van der Waals surface area contributed by atoms with Crippen LogP contribution in [0.25, 0.3) is 0 Å². The van der Waals surface area contributed by atoms with Gasteiger partial charge in [-0.25, -0.2) is 0 Å². The van der Waals surface area contributed by atoms with Gasteiger partial charge >= 0.3 is 5.69 Å². The predicted molar refractivity (Wildman–Crippen MR) is 68.3 cm³/mol. The summed E-state index contributed by atoms with van der Waals surface area (Å²) in [6.45, 7) is 0.246. The van der Waals surface area contributed by atoms with Gasteiger partial charge in [0.15, 0.2) is 0 Å². The van der Waals surface area contributed by atoms with E-state index in [-0.39, 0.29) is 23.7 Å². The molecule has 0 aliphatic heterocycles. The molecule has 2 aromatic carbocycles. The fraction of sp³-hybridized carbons (Fsp3) is 0.0769. The van der Waals surface area contributed by atoms with Crippen molar-refractivity contribution in [2.45, 2.75) is 6.61 Å². The summed E-state index contributed by atoms with van der Waals surface area (Å²) in [5, 5.41) is 10.9. The normalized spacial score (nSPS) is 10.0. The number of nitrogens with zero attached hydrogens (tertiary/aromatic N) is 1. The topological polar surface area (TPSA) is 78.4 Å². The second-order valence-electron chi connectivity index (χ2n) is 3.73. The summed E-state index contributed by atoms with van der Waals surface area (Å²) >= 11 is 0. The zero-order valence-electron chi connectivity index (χ0n) is 9.58. The smallest absolute Gasteiger partial charge is 0.313 e. The van der Waals surface area contributed by atoms with Crippen molar-refractivity contribution in [2.24, 2.45) is 0 Å². The fourth-order valence-electron chi connectivity index (χ4n) is 1.57. The SMILES string of the molecule is Nc1cccc([N+](=O)[O-])c1OCc1ccccc1. The van der Waals surface area contributed by atoms with Crippen LogP contribution >= 0.6 is 0 Å². The maximum absolute atomic E-state index is 10.9. The van der Waals surface area contributed by atoms with Crippen LogP contribution in [0.5, 0.6) is 5.75 Å². The Morgan fingerprint density at radius 2 is 1.83 bits per heavy atom. The minimum atomic E-state index is -0.503. The van der Waals surface area contributed by atoms with Gasteiger partial charge in [0.2, 0.25) is 5.75 Å². The first-order valence-electron chi connectivity index (χ1n) is 5.38. The largest absolute Gasteiger partial charge is 0.481 e. The quantitative estimate of drug-likeness (QED) is 0.509. The Balaban J connectivity index is 2.21. The van der Waals surface area contributed by atoms with Crippen LogP contribution in [0, 0.1) is 10.1 Å². The lowest BCUT2D eigenvalue weighted by Gasteiger charge is -2.08. The number of nitro benzene ring substituents is 1. The summed E-state index contributed by atoms with van der Waals surface area (Å²) in [4.78, 5) is 10.4. The monoisotopic (exact) mass is 244 g/mol. The molecule has 2 rings (SSSR count). The number of anilines is 1. The van der Waals surface area contributed by atoms with E-state index in [1.807, 2.05) is 30.3 Å². The Kier molecular flexibility index (Phi) is 3.43. The Hall–Kier alpha value is -2.56. The molecule has 5 nitrogen and oxygen atoms in total. The minimum absolute atomic E-state index is 0.117. The van der Waals surface area contributed by atoms with Crippen molar-refractivity contribution in [3.05, 3.63) is 64.2 Å². The van der Waals surface area contributed by atoms with Crippen LogP contribution in [-0.2, 0) is 6.61 Å². The Morgan fingerprint density at radius 3 is 2.50 bits per heavy atom. The first-order valence-corrected chi connectivity index (χ1v) is 5.38. The highest BCUT2D eigenvalue weighted by Gasteiger charge is 2.17. The van der Waals surface area contributed by atoms with Crippen LogP contribution in [0.15, 0.2) is 48.5 Å². The second kappa shape index (κ2) is 5.18. The van der Waals surface area contributed by atoms with E-state index in [2.05, 4.69) is 0 Å². The van der Waals surface area contributed by atoms with E-state index in [1.54, 1.807) is 6.07 Å². The van der Waals surface area contributed by atoms with Gasteiger partial charge in [-0.15, -0.1) is 0 Å². The molecular formula is C13H12N2O3. The molecule has 92 valence electrons. The molecule has 0 spiro atoms. The molecule has 0 amide bonds. The van der Waals surface area contributed by atoms with Gasteiger partial charge in [0.05, 0.1) is 10.6 Å². The standard InChI is InChI=1S/C13H12N2O3/c14-11-7-4-8-12(15(16)17)13(11)18-9-10-5-2-1-3-6-10/h1-8H,9,14H2. The molecule has 0 aliphatic rings. The van der Waals surface area contributed by atoms with Crippen molar-refractivity contribution in [3.8, 4) is 5.75 Å². The van der Waals surface area contributed by atoms with E-state index in [9.17, 15) is 10.1 Å². The zero-order chi connectivity index (χ0) is 13.0. The van der Waals surface area contributed by atoms with Crippen molar-refractivity contribution < 1.29 is 9.66 Å². The molecule has 0 heterocycles. The molecule has 0 bridgehead atoms. The lowest BCUT2D eigenvalue weighted by atomic mass is 10.2. The Bertz CT molecular complexity index is 555. The van der Waals surface area contributed by atoms with E-state index in [0.29, 0.717) is 0 Å². The van der Waals surface area contributed by atoms with Crippen LogP contribution in [0.2, 0.25) is 0 Å². The highest BCUT2D eigenvalue weighted by Crippen LogP contribution is 2.33. The third-order valence-electron chi connectivity index (χ3n) is 2.45. The van der Waals surface area contributed by atoms with Gasteiger partial charge in [-0.2, -0.15) is 0 Å². The molecule has 5 heteroatoms. The molecule has 18 heavy (non-hydrogen) atoms. The summed E-state index contributed by atoms with van der Waals surface area (Å²) in [5.41, 5.74) is 6.76. The van der Waals surface area contributed by atoms with Crippen LogP contribution in [0.4, 0.5) is 11.4 Å². The minimum Gasteiger partial charge on any atom is -0.481 e. The van der Waals surface area contributed by atoms with Crippen LogP contribution in [-0.4, -0.2) is 4.92 Å². The number of hydrogen-bond donors (Lipinski definition) is 1. The molecule has 0 saturated heterocycles. The number of nitrogen functional groups attached to an aromatic ring is 1. The number of nitro groups is 1. The molecule has 0 atom stereocenters. The number of hydrogen-bond acceptors (Lipinski definition) is 4. The summed E-state index contributed by atoms with van der Waals surface area (Å²) < 4.78 is 5.45. The van der Waals surface area contributed by atoms with Crippen molar-refractivity contribution in [3.63, 3.8) is 0 Å². The first-order chi connectivity index (χ1) is 8.68. The maximum atomic E-state index is 10.9. The second-order valence-corrected chi connectivity index (χ2v) is 3.73. The van der Waals surface area contributed by atoms with Gasteiger partial charge in [-0.3, -0.25) is 10.1 Å². The average Bonchev–Trinajstić information content (AvgIpc) is 2.38. The molecule has 0 aliphatic carbocycles. The summed E-state index contributed by atoms with van der Waals surface area (Å²) in [5.74, 6) is 0.117. The molecule has 2 N–H and O–H groups in total. The van der Waals surface area contributed by atoms with Gasteiger partial charge in [0, 0.05) is 6.07 Å². The van der Waals surface area contributed by atoms with Crippen LogP contribution in [0.3, 0.4) is 0 Å². The Labute approximate surface area is 104 Å².